The molecule has 6 heteroatoms. The van der Waals surface area contributed by atoms with Gasteiger partial charge in [-0.2, -0.15) is 0 Å². The van der Waals surface area contributed by atoms with E-state index in [0.29, 0.717) is 6.54 Å². The number of halogens is 1. The molecule has 1 saturated heterocycles. The number of hydrogen-bond acceptors (Lipinski definition) is 3. The van der Waals surface area contributed by atoms with Crippen LogP contribution in [0.5, 0.6) is 0 Å². The van der Waals surface area contributed by atoms with Crippen molar-refractivity contribution in [1.29, 1.82) is 0 Å². The Labute approximate surface area is 132 Å². The third-order valence-corrected chi connectivity index (χ3v) is 4.42. The second-order valence-corrected chi connectivity index (χ2v) is 6.08. The molecule has 2 rings (SSSR count). The van der Waals surface area contributed by atoms with E-state index in [0.717, 1.165) is 36.1 Å². The summed E-state index contributed by atoms with van der Waals surface area (Å²) >= 11 is 3.41. The minimum Gasteiger partial charge on any atom is -0.481 e. The number of amides is 1. The minimum atomic E-state index is -0.774. The molecule has 1 aromatic rings. The van der Waals surface area contributed by atoms with Crippen LogP contribution in [0.25, 0.3) is 0 Å². The maximum atomic E-state index is 12.2. The molecule has 21 heavy (non-hydrogen) atoms. The van der Waals surface area contributed by atoms with Gasteiger partial charge in [-0.1, -0.05) is 12.1 Å². The number of hydrogen-bond donors (Lipinski definition) is 2. The van der Waals surface area contributed by atoms with Gasteiger partial charge >= 0.3 is 5.97 Å². The van der Waals surface area contributed by atoms with Crippen molar-refractivity contribution in [3.63, 3.8) is 0 Å². The van der Waals surface area contributed by atoms with Crippen molar-refractivity contribution in [1.82, 2.24) is 4.90 Å². The van der Waals surface area contributed by atoms with Gasteiger partial charge in [0, 0.05) is 16.9 Å². The van der Waals surface area contributed by atoms with Crippen LogP contribution in [0.2, 0.25) is 0 Å². The highest BCUT2D eigenvalue weighted by Gasteiger charge is 2.25. The van der Waals surface area contributed by atoms with E-state index in [1.807, 2.05) is 24.3 Å². The monoisotopic (exact) mass is 354 g/mol. The number of anilines is 1. The summed E-state index contributed by atoms with van der Waals surface area (Å²) in [6.07, 6.45) is 1.71. The number of carboxylic acids is 1. The first kappa shape index (κ1) is 16.0. The molecule has 0 atom stereocenters. The van der Waals surface area contributed by atoms with Gasteiger partial charge < -0.3 is 15.3 Å². The van der Waals surface area contributed by atoms with Crippen molar-refractivity contribution in [2.75, 3.05) is 25.0 Å². The molecular formula is C15H19BrN2O3. The average Bonchev–Trinajstić information content (AvgIpc) is 2.48. The third kappa shape index (κ3) is 4.82. The van der Waals surface area contributed by atoms with Gasteiger partial charge in [0.25, 0.3) is 0 Å². The van der Waals surface area contributed by atoms with Crippen LogP contribution in [0.15, 0.2) is 28.7 Å². The predicted octanol–water partition coefficient (Wildman–Crippen LogP) is 2.57. The van der Waals surface area contributed by atoms with Gasteiger partial charge in [0.05, 0.1) is 12.1 Å². The van der Waals surface area contributed by atoms with Crippen molar-refractivity contribution in [2.24, 2.45) is 5.92 Å². The lowest BCUT2D eigenvalue weighted by Gasteiger charge is -2.30. The summed E-state index contributed by atoms with van der Waals surface area (Å²) in [5, 5.41) is 11.6. The standard InChI is InChI=1S/C15H19BrN2O3/c16-12-3-1-2-4-13(12)17-15(21)11-5-8-18(9-6-11)10-7-14(19)20/h1-4,11H,5-10H2,(H,17,21)(H,19,20). The van der Waals surface area contributed by atoms with Crippen molar-refractivity contribution >= 4 is 33.5 Å². The highest BCUT2D eigenvalue weighted by atomic mass is 79.9. The molecule has 0 spiro atoms. The fraction of sp³-hybridized carbons (Fsp3) is 0.467. The molecule has 1 amide bonds. The average molecular weight is 355 g/mol. The van der Waals surface area contributed by atoms with Crippen LogP contribution >= 0.6 is 15.9 Å². The zero-order chi connectivity index (χ0) is 15.2. The Hall–Kier alpha value is -1.40. The van der Waals surface area contributed by atoms with Gasteiger partial charge in [-0.05, 0) is 54.0 Å². The number of nitrogens with one attached hydrogen (secondary N) is 1. The van der Waals surface area contributed by atoms with Crippen molar-refractivity contribution in [3.05, 3.63) is 28.7 Å². The molecule has 1 fully saturated rings. The second-order valence-electron chi connectivity index (χ2n) is 5.23. The van der Waals surface area contributed by atoms with E-state index in [-0.39, 0.29) is 18.2 Å². The van der Waals surface area contributed by atoms with Crippen LogP contribution in [0, 0.1) is 5.92 Å². The van der Waals surface area contributed by atoms with Gasteiger partial charge in [0.1, 0.15) is 0 Å². The zero-order valence-electron chi connectivity index (χ0n) is 11.7. The lowest BCUT2D eigenvalue weighted by Crippen LogP contribution is -2.39. The summed E-state index contributed by atoms with van der Waals surface area (Å²) in [4.78, 5) is 24.9. The first-order valence-electron chi connectivity index (χ1n) is 7.06. The Balaban J connectivity index is 1.81. The molecule has 2 N–H and O–H groups in total. The minimum absolute atomic E-state index is 0.00168. The smallest absolute Gasteiger partial charge is 0.304 e. The van der Waals surface area contributed by atoms with E-state index >= 15 is 0 Å². The van der Waals surface area contributed by atoms with E-state index in [9.17, 15) is 9.59 Å². The molecule has 0 saturated carbocycles. The first-order valence-corrected chi connectivity index (χ1v) is 7.85. The third-order valence-electron chi connectivity index (χ3n) is 3.73. The Morgan fingerprint density at radius 1 is 1.29 bits per heavy atom. The normalized spacial score (nSPS) is 16.6. The Morgan fingerprint density at radius 2 is 1.95 bits per heavy atom. The number of rotatable bonds is 5. The molecule has 0 bridgehead atoms. The number of piperidine rings is 1. The Kier molecular flexibility index (Phi) is 5.76. The summed E-state index contributed by atoms with van der Waals surface area (Å²) in [6, 6.07) is 7.55. The van der Waals surface area contributed by atoms with E-state index < -0.39 is 5.97 Å². The maximum Gasteiger partial charge on any atom is 0.304 e. The van der Waals surface area contributed by atoms with Crippen LogP contribution in [0.3, 0.4) is 0 Å². The lowest BCUT2D eigenvalue weighted by atomic mass is 9.95. The number of carbonyl (C=O) groups is 2. The molecule has 5 nitrogen and oxygen atoms in total. The number of nitrogens with zero attached hydrogens (tertiary/aromatic N) is 1. The molecule has 1 aromatic carbocycles. The summed E-state index contributed by atoms with van der Waals surface area (Å²) in [5.41, 5.74) is 0.788. The SMILES string of the molecule is O=C(O)CCN1CCC(C(=O)Nc2ccccc2Br)CC1. The van der Waals surface area contributed by atoms with E-state index in [4.69, 9.17) is 5.11 Å². The molecule has 0 aromatic heterocycles. The van der Waals surface area contributed by atoms with Gasteiger partial charge in [0.15, 0.2) is 0 Å². The van der Waals surface area contributed by atoms with Crippen LogP contribution in [0.4, 0.5) is 5.69 Å². The van der Waals surface area contributed by atoms with E-state index in [1.165, 1.54) is 0 Å². The molecule has 1 aliphatic heterocycles. The lowest BCUT2D eigenvalue weighted by molar-refractivity contribution is -0.137. The summed E-state index contributed by atoms with van der Waals surface area (Å²) in [7, 11) is 0. The summed E-state index contributed by atoms with van der Waals surface area (Å²) in [5.74, 6) is -0.734. The molecular weight excluding hydrogens is 336 g/mol. The second kappa shape index (κ2) is 7.56. The van der Waals surface area contributed by atoms with Gasteiger partial charge in [-0.15, -0.1) is 0 Å². The van der Waals surface area contributed by atoms with E-state index in [2.05, 4.69) is 26.1 Å². The van der Waals surface area contributed by atoms with Gasteiger partial charge in [-0.25, -0.2) is 0 Å². The molecule has 1 aliphatic rings. The fourth-order valence-corrected chi connectivity index (χ4v) is 2.85. The number of likely N-dealkylation sites (tertiary alicyclic amines) is 1. The van der Waals surface area contributed by atoms with Crippen LogP contribution < -0.4 is 5.32 Å². The fourth-order valence-electron chi connectivity index (χ4n) is 2.47. The Bertz CT molecular complexity index is 513. The van der Waals surface area contributed by atoms with Crippen LogP contribution in [-0.2, 0) is 9.59 Å². The van der Waals surface area contributed by atoms with Gasteiger partial charge in [-0.3, -0.25) is 9.59 Å². The largest absolute Gasteiger partial charge is 0.481 e. The number of benzene rings is 1. The summed E-state index contributed by atoms with van der Waals surface area (Å²) < 4.78 is 0.872. The molecule has 0 unspecified atom stereocenters. The van der Waals surface area contributed by atoms with Crippen molar-refractivity contribution in [3.8, 4) is 0 Å². The topological polar surface area (TPSA) is 69.6 Å². The summed E-state index contributed by atoms with van der Waals surface area (Å²) in [6.45, 7) is 2.12. The van der Waals surface area contributed by atoms with E-state index in [1.54, 1.807) is 0 Å². The van der Waals surface area contributed by atoms with Crippen LogP contribution in [-0.4, -0.2) is 41.5 Å². The molecule has 0 aliphatic carbocycles. The molecule has 114 valence electrons. The predicted molar refractivity (Wildman–Crippen MR) is 84.2 cm³/mol. The quantitative estimate of drug-likeness (QED) is 0.852. The highest BCUT2D eigenvalue weighted by molar-refractivity contribution is 9.10. The molecule has 1 heterocycles. The first-order chi connectivity index (χ1) is 10.1. The van der Waals surface area contributed by atoms with Crippen molar-refractivity contribution < 1.29 is 14.7 Å². The number of para-hydroxylation sites is 1. The number of carboxylic acid groups (broad SMARTS) is 1. The van der Waals surface area contributed by atoms with Crippen LogP contribution in [0.1, 0.15) is 19.3 Å². The number of carbonyl (C=O) groups excluding carboxylic acids is 1. The van der Waals surface area contributed by atoms with Gasteiger partial charge in [0.2, 0.25) is 5.91 Å². The van der Waals surface area contributed by atoms with Crippen molar-refractivity contribution in [2.45, 2.75) is 19.3 Å². The number of aliphatic carboxylic acids is 1. The Morgan fingerprint density at radius 3 is 2.57 bits per heavy atom. The zero-order valence-corrected chi connectivity index (χ0v) is 13.3. The maximum absolute atomic E-state index is 12.2. The molecule has 0 radical (unpaired) electrons. The highest BCUT2D eigenvalue weighted by Crippen LogP contribution is 2.24.